The first-order valence-corrected chi connectivity index (χ1v) is 10.7. The number of carbonyl (C=O) groups is 1. The van der Waals surface area contributed by atoms with Crippen molar-refractivity contribution < 1.29 is 17.9 Å². The number of fused-ring (bicyclic) bond motifs is 1. The van der Waals surface area contributed by atoms with E-state index in [9.17, 15) is 13.2 Å². The molecule has 1 heterocycles. The van der Waals surface area contributed by atoms with Gasteiger partial charge in [0.15, 0.2) is 0 Å². The fourth-order valence-corrected chi connectivity index (χ4v) is 4.35. The Labute approximate surface area is 160 Å². The molecule has 2 aromatic rings. The van der Waals surface area contributed by atoms with Crippen molar-refractivity contribution in [1.29, 1.82) is 0 Å². The average molecular weight is 388 g/mol. The third-order valence-corrected chi connectivity index (χ3v) is 6.32. The number of benzene rings is 2. The van der Waals surface area contributed by atoms with Gasteiger partial charge in [-0.25, -0.2) is 8.42 Å². The lowest BCUT2D eigenvalue weighted by Gasteiger charge is -2.30. The maximum absolute atomic E-state index is 12.6. The Morgan fingerprint density at radius 2 is 1.89 bits per heavy atom. The number of hydrogen-bond donors (Lipinski definition) is 1. The zero-order chi connectivity index (χ0) is 19.4. The van der Waals surface area contributed by atoms with Crippen LogP contribution in [0.4, 0.5) is 11.4 Å². The minimum atomic E-state index is -3.30. The molecule has 0 spiro atoms. The molecule has 0 atom stereocenters. The van der Waals surface area contributed by atoms with Gasteiger partial charge in [0.05, 0.1) is 18.0 Å². The molecule has 144 valence electrons. The second-order valence-electron chi connectivity index (χ2n) is 6.33. The Bertz CT molecular complexity index is 923. The first-order chi connectivity index (χ1) is 12.9. The summed E-state index contributed by atoms with van der Waals surface area (Å²) in [6.45, 7) is 4.63. The van der Waals surface area contributed by atoms with Crippen molar-refractivity contribution in [3.63, 3.8) is 0 Å². The molecular weight excluding hydrogens is 364 g/mol. The molecule has 1 aliphatic rings. The molecule has 1 amide bonds. The summed E-state index contributed by atoms with van der Waals surface area (Å²) >= 11 is 0. The van der Waals surface area contributed by atoms with E-state index in [1.165, 1.54) is 4.31 Å². The number of aryl methyl sites for hydroxylation is 1. The number of carbonyl (C=O) groups excluding carboxylic acids is 1. The van der Waals surface area contributed by atoms with E-state index < -0.39 is 10.0 Å². The molecule has 0 bridgehead atoms. The molecule has 1 aliphatic heterocycles. The second kappa shape index (κ2) is 8.00. The minimum Gasteiger partial charge on any atom is -0.494 e. The Kier molecular flexibility index (Phi) is 5.70. The van der Waals surface area contributed by atoms with Crippen LogP contribution in [-0.4, -0.2) is 33.2 Å². The highest BCUT2D eigenvalue weighted by Crippen LogP contribution is 2.30. The summed E-state index contributed by atoms with van der Waals surface area (Å²) in [4.78, 5) is 12.6. The molecule has 0 unspecified atom stereocenters. The molecule has 1 N–H and O–H groups in total. The van der Waals surface area contributed by atoms with Crippen LogP contribution < -0.4 is 14.4 Å². The van der Waals surface area contributed by atoms with Crippen molar-refractivity contribution in [3.8, 4) is 5.75 Å². The molecule has 3 rings (SSSR count). The second-order valence-corrected chi connectivity index (χ2v) is 8.51. The maximum atomic E-state index is 12.6. The van der Waals surface area contributed by atoms with Gasteiger partial charge in [-0.05, 0) is 74.7 Å². The third kappa shape index (κ3) is 4.24. The molecule has 0 aromatic heterocycles. The third-order valence-electron chi connectivity index (χ3n) is 4.54. The summed E-state index contributed by atoms with van der Waals surface area (Å²) in [5.41, 5.74) is 2.76. The van der Waals surface area contributed by atoms with Gasteiger partial charge in [-0.15, -0.1) is 0 Å². The molecule has 0 saturated carbocycles. The fourth-order valence-electron chi connectivity index (χ4n) is 3.15. The predicted octanol–water partition coefficient (Wildman–Crippen LogP) is 3.44. The van der Waals surface area contributed by atoms with Gasteiger partial charge in [-0.1, -0.05) is 0 Å². The van der Waals surface area contributed by atoms with Crippen LogP contribution in [0.3, 0.4) is 0 Å². The molecule has 2 aromatic carbocycles. The Hall–Kier alpha value is -2.54. The predicted molar refractivity (Wildman–Crippen MR) is 107 cm³/mol. The molecule has 0 saturated heterocycles. The number of ether oxygens (including phenoxy) is 1. The van der Waals surface area contributed by atoms with Crippen molar-refractivity contribution >= 4 is 27.3 Å². The monoisotopic (exact) mass is 388 g/mol. The topological polar surface area (TPSA) is 75.7 Å². The van der Waals surface area contributed by atoms with Crippen LogP contribution in [0.5, 0.6) is 5.75 Å². The van der Waals surface area contributed by atoms with E-state index >= 15 is 0 Å². The molecule has 0 fully saturated rings. The van der Waals surface area contributed by atoms with Crippen LogP contribution in [0.2, 0.25) is 0 Å². The lowest BCUT2D eigenvalue weighted by atomic mass is 10.0. The van der Waals surface area contributed by atoms with Crippen LogP contribution in [-0.2, 0) is 16.4 Å². The maximum Gasteiger partial charge on any atom is 0.255 e. The van der Waals surface area contributed by atoms with Gasteiger partial charge in [0, 0.05) is 17.8 Å². The van der Waals surface area contributed by atoms with Crippen molar-refractivity contribution in [2.45, 2.75) is 26.7 Å². The standard InChI is InChI=1S/C20H24N2O4S/c1-3-26-18-10-8-17(9-11-18)21-20(23)16-7-12-19-15(14-16)6-5-13-22(19)27(24,25)4-2/h7-12,14H,3-6,13H2,1-2H3,(H,21,23). The molecule has 27 heavy (non-hydrogen) atoms. The number of nitrogens with one attached hydrogen (secondary N) is 1. The van der Waals surface area contributed by atoms with E-state index in [2.05, 4.69) is 5.32 Å². The normalized spacial score (nSPS) is 13.8. The van der Waals surface area contributed by atoms with Crippen molar-refractivity contribution in [2.24, 2.45) is 0 Å². The molecule has 7 heteroatoms. The highest BCUT2D eigenvalue weighted by molar-refractivity contribution is 7.92. The SMILES string of the molecule is CCOc1ccc(NC(=O)c2ccc3c(c2)CCCN3S(=O)(=O)CC)cc1. The van der Waals surface area contributed by atoms with Crippen molar-refractivity contribution in [3.05, 3.63) is 53.6 Å². The number of hydrogen-bond acceptors (Lipinski definition) is 4. The van der Waals surface area contributed by atoms with E-state index in [0.717, 1.165) is 24.2 Å². The van der Waals surface area contributed by atoms with Gasteiger partial charge in [-0.2, -0.15) is 0 Å². The number of anilines is 2. The molecule has 6 nitrogen and oxygen atoms in total. The summed E-state index contributed by atoms with van der Waals surface area (Å²) < 4.78 is 31.4. The van der Waals surface area contributed by atoms with Crippen LogP contribution in [0, 0.1) is 0 Å². The minimum absolute atomic E-state index is 0.0619. The van der Waals surface area contributed by atoms with Gasteiger partial charge in [0.1, 0.15) is 5.75 Å². The van der Waals surface area contributed by atoms with Gasteiger partial charge >= 0.3 is 0 Å². The Morgan fingerprint density at radius 1 is 1.15 bits per heavy atom. The first-order valence-electron chi connectivity index (χ1n) is 9.12. The van der Waals surface area contributed by atoms with E-state index in [1.54, 1.807) is 49.4 Å². The number of sulfonamides is 1. The first kappa shape index (κ1) is 19.2. The summed E-state index contributed by atoms with van der Waals surface area (Å²) in [5.74, 6) is 0.589. The summed E-state index contributed by atoms with van der Waals surface area (Å²) in [7, 11) is -3.30. The largest absolute Gasteiger partial charge is 0.494 e. The van der Waals surface area contributed by atoms with Crippen LogP contribution in [0.25, 0.3) is 0 Å². The number of nitrogens with zero attached hydrogens (tertiary/aromatic N) is 1. The highest BCUT2D eigenvalue weighted by atomic mass is 32.2. The van der Waals surface area contributed by atoms with Crippen LogP contribution in [0.15, 0.2) is 42.5 Å². The highest BCUT2D eigenvalue weighted by Gasteiger charge is 2.26. The van der Waals surface area contributed by atoms with E-state index in [0.29, 0.717) is 30.1 Å². The van der Waals surface area contributed by atoms with Crippen molar-refractivity contribution in [2.75, 3.05) is 28.5 Å². The molecule has 0 aliphatic carbocycles. The zero-order valence-electron chi connectivity index (χ0n) is 15.6. The summed E-state index contributed by atoms with van der Waals surface area (Å²) in [6, 6.07) is 12.4. The number of amides is 1. The van der Waals surface area contributed by atoms with Gasteiger partial charge in [0.25, 0.3) is 5.91 Å². The summed E-state index contributed by atoms with van der Waals surface area (Å²) in [5, 5.41) is 2.86. The van der Waals surface area contributed by atoms with Gasteiger partial charge in [0.2, 0.25) is 10.0 Å². The molecular formula is C20H24N2O4S. The summed E-state index contributed by atoms with van der Waals surface area (Å²) in [6.07, 6.45) is 1.51. The Balaban J connectivity index is 1.79. The van der Waals surface area contributed by atoms with Gasteiger partial charge in [-0.3, -0.25) is 9.10 Å². The Morgan fingerprint density at radius 3 is 2.56 bits per heavy atom. The lowest BCUT2D eigenvalue weighted by molar-refractivity contribution is 0.102. The fraction of sp³-hybridized carbons (Fsp3) is 0.350. The van der Waals surface area contributed by atoms with E-state index in [-0.39, 0.29) is 11.7 Å². The number of rotatable bonds is 6. The smallest absolute Gasteiger partial charge is 0.255 e. The lowest BCUT2D eigenvalue weighted by Crippen LogP contribution is -2.36. The molecule has 0 radical (unpaired) electrons. The van der Waals surface area contributed by atoms with E-state index in [1.807, 2.05) is 6.92 Å². The quantitative estimate of drug-likeness (QED) is 0.822. The van der Waals surface area contributed by atoms with Gasteiger partial charge < -0.3 is 10.1 Å². The van der Waals surface area contributed by atoms with Crippen molar-refractivity contribution in [1.82, 2.24) is 0 Å². The van der Waals surface area contributed by atoms with E-state index in [4.69, 9.17) is 4.74 Å². The van der Waals surface area contributed by atoms with Crippen LogP contribution >= 0.6 is 0 Å². The average Bonchev–Trinajstić information content (AvgIpc) is 2.68. The van der Waals surface area contributed by atoms with Crippen LogP contribution in [0.1, 0.15) is 36.2 Å². The zero-order valence-corrected chi connectivity index (χ0v) is 16.4.